The summed E-state index contributed by atoms with van der Waals surface area (Å²) in [5.74, 6) is 1.22. The number of amides is 2. The van der Waals surface area contributed by atoms with Gasteiger partial charge >= 0.3 is 0 Å². The predicted octanol–water partition coefficient (Wildman–Crippen LogP) is 5.73. The van der Waals surface area contributed by atoms with Crippen molar-refractivity contribution in [3.8, 4) is 17.0 Å². The van der Waals surface area contributed by atoms with Gasteiger partial charge in [-0.05, 0) is 88.0 Å². The average molecular weight is 608 g/mol. The molecule has 5 rings (SSSR count). The second-order valence-electron chi connectivity index (χ2n) is 15.3. The van der Waals surface area contributed by atoms with Gasteiger partial charge in [-0.2, -0.15) is 0 Å². The van der Waals surface area contributed by atoms with Crippen LogP contribution in [0.15, 0.2) is 18.2 Å². The van der Waals surface area contributed by atoms with Crippen LogP contribution in [-0.2, 0) is 22.2 Å². The maximum absolute atomic E-state index is 13.8. The van der Waals surface area contributed by atoms with Crippen molar-refractivity contribution in [2.24, 2.45) is 11.3 Å². The van der Waals surface area contributed by atoms with E-state index in [1.54, 1.807) is 13.8 Å². The van der Waals surface area contributed by atoms with E-state index in [2.05, 4.69) is 54.2 Å². The van der Waals surface area contributed by atoms with E-state index >= 15 is 0 Å². The number of aliphatic hydroxyl groups is 2. The van der Waals surface area contributed by atoms with Gasteiger partial charge in [0, 0.05) is 54.0 Å². The van der Waals surface area contributed by atoms with Gasteiger partial charge in [-0.1, -0.05) is 40.0 Å². The number of aliphatic hydroxyl groups excluding tert-OH is 1. The van der Waals surface area contributed by atoms with Crippen LogP contribution in [0.3, 0.4) is 0 Å². The zero-order valence-corrected chi connectivity index (χ0v) is 27.6. The Hall–Kier alpha value is -2.84. The predicted molar refractivity (Wildman–Crippen MR) is 173 cm³/mol. The van der Waals surface area contributed by atoms with Gasteiger partial charge in [-0.15, -0.1) is 0 Å². The van der Waals surface area contributed by atoms with Crippen molar-refractivity contribution in [2.45, 2.75) is 123 Å². The minimum atomic E-state index is -1.47. The molecular formula is C36H53N3O5. The third-order valence-electron chi connectivity index (χ3n) is 10.2. The third-order valence-corrected chi connectivity index (χ3v) is 10.2. The van der Waals surface area contributed by atoms with Gasteiger partial charge in [0.2, 0.25) is 5.91 Å². The molecule has 0 saturated heterocycles. The minimum absolute atomic E-state index is 0.0531. The monoisotopic (exact) mass is 607 g/mol. The molecule has 8 nitrogen and oxygen atoms in total. The molecule has 2 saturated carbocycles. The van der Waals surface area contributed by atoms with Crippen LogP contribution in [0.4, 0.5) is 0 Å². The number of nitrogens with one attached hydrogen (secondary N) is 2. The number of fused-ring (bicyclic) bond motifs is 2. The Morgan fingerprint density at radius 1 is 1.02 bits per heavy atom. The zero-order chi connectivity index (χ0) is 31.9. The molecule has 8 heteroatoms. The fraction of sp³-hybridized carbons (Fsp3) is 0.667. The molecule has 0 radical (unpaired) electrons. The first kappa shape index (κ1) is 32.6. The Morgan fingerprint density at radius 3 is 2.36 bits per heavy atom. The molecule has 1 aliphatic heterocycles. The van der Waals surface area contributed by atoms with Gasteiger partial charge in [0.05, 0.1) is 17.6 Å². The Morgan fingerprint density at radius 2 is 1.73 bits per heavy atom. The van der Waals surface area contributed by atoms with Gasteiger partial charge in [0.15, 0.2) is 6.29 Å². The SMILES string of the molecule is Cc1c(C(=O)NCC(C)(C)C(=O)NCCC(O)O)cc(-c2cc(C(C)(C)C)c3c(c2)C2(CCO3)CC2)n1CC1CCCCC1. The van der Waals surface area contributed by atoms with Crippen molar-refractivity contribution in [2.75, 3.05) is 19.7 Å². The molecule has 1 spiro atoms. The first-order valence-electron chi connectivity index (χ1n) is 16.7. The number of hydrogen-bond donors (Lipinski definition) is 4. The van der Waals surface area contributed by atoms with E-state index in [0.29, 0.717) is 11.5 Å². The molecule has 0 unspecified atom stereocenters. The maximum atomic E-state index is 13.8. The molecule has 0 atom stereocenters. The highest BCUT2D eigenvalue weighted by molar-refractivity contribution is 5.97. The summed E-state index contributed by atoms with van der Waals surface area (Å²) >= 11 is 0. The second kappa shape index (κ2) is 12.5. The van der Waals surface area contributed by atoms with Gasteiger partial charge in [-0.3, -0.25) is 9.59 Å². The average Bonchev–Trinajstić information content (AvgIpc) is 3.67. The fourth-order valence-corrected chi connectivity index (χ4v) is 7.04. The Kier molecular flexibility index (Phi) is 9.26. The lowest BCUT2D eigenvalue weighted by molar-refractivity contribution is -0.129. The second-order valence-corrected chi connectivity index (χ2v) is 15.3. The number of aromatic nitrogens is 1. The first-order valence-corrected chi connectivity index (χ1v) is 16.7. The molecule has 2 fully saturated rings. The molecule has 2 aliphatic carbocycles. The summed E-state index contributed by atoms with van der Waals surface area (Å²) in [4.78, 5) is 26.5. The Balaban J connectivity index is 1.48. The fourth-order valence-electron chi connectivity index (χ4n) is 7.04. The van der Waals surface area contributed by atoms with E-state index in [-0.39, 0.29) is 42.2 Å². The standard InChI is InChI=1S/C36H53N3O5/c1-23-26(32(42)38-22-35(5,6)33(43)37-16-12-30(40)41)20-29(39(23)21-24-10-8-7-9-11-24)25-18-27(34(2,3)4)31-28(19-25)36(13-14-36)15-17-44-31/h18-20,24,30,40-41H,7-17,21-22H2,1-6H3,(H,37,43)(H,38,42). The van der Waals surface area contributed by atoms with Crippen molar-refractivity contribution >= 4 is 11.8 Å². The highest BCUT2D eigenvalue weighted by Gasteiger charge is 2.49. The van der Waals surface area contributed by atoms with Crippen LogP contribution < -0.4 is 15.4 Å². The van der Waals surface area contributed by atoms with Gasteiger partial charge in [0.1, 0.15) is 5.75 Å². The summed E-state index contributed by atoms with van der Waals surface area (Å²) < 4.78 is 8.73. The lowest BCUT2D eigenvalue weighted by Gasteiger charge is -2.33. The summed E-state index contributed by atoms with van der Waals surface area (Å²) in [5.41, 5.74) is 5.65. The van der Waals surface area contributed by atoms with Gasteiger partial charge in [0.25, 0.3) is 5.91 Å². The number of rotatable bonds is 10. The van der Waals surface area contributed by atoms with E-state index < -0.39 is 11.7 Å². The largest absolute Gasteiger partial charge is 0.493 e. The molecule has 1 aromatic carbocycles. The third kappa shape index (κ3) is 6.86. The highest BCUT2D eigenvalue weighted by atomic mass is 16.5. The Bertz CT molecular complexity index is 1360. The molecule has 2 heterocycles. The van der Waals surface area contributed by atoms with Crippen molar-refractivity contribution in [3.63, 3.8) is 0 Å². The van der Waals surface area contributed by atoms with Crippen LogP contribution in [-0.4, -0.2) is 52.6 Å². The number of hydrogen-bond acceptors (Lipinski definition) is 5. The topological polar surface area (TPSA) is 113 Å². The van der Waals surface area contributed by atoms with E-state index in [1.165, 1.54) is 56.1 Å². The molecule has 0 bridgehead atoms. The van der Waals surface area contributed by atoms with Crippen molar-refractivity contribution in [1.82, 2.24) is 15.2 Å². The van der Waals surface area contributed by atoms with E-state index in [9.17, 15) is 9.59 Å². The van der Waals surface area contributed by atoms with Crippen molar-refractivity contribution in [3.05, 3.63) is 40.6 Å². The van der Waals surface area contributed by atoms with Crippen LogP contribution in [0.2, 0.25) is 0 Å². The van der Waals surface area contributed by atoms with E-state index in [0.717, 1.165) is 42.3 Å². The normalized spacial score (nSPS) is 18.2. The van der Waals surface area contributed by atoms with Crippen LogP contribution >= 0.6 is 0 Å². The molecule has 3 aliphatic rings. The molecule has 242 valence electrons. The van der Waals surface area contributed by atoms with Gasteiger partial charge < -0.3 is 30.2 Å². The Labute approximate surface area is 263 Å². The quantitative estimate of drug-likeness (QED) is 0.258. The summed E-state index contributed by atoms with van der Waals surface area (Å²) in [6.45, 7) is 14.3. The molecular weight excluding hydrogens is 554 g/mol. The van der Waals surface area contributed by atoms with Crippen molar-refractivity contribution in [1.29, 1.82) is 0 Å². The molecule has 2 amide bonds. The smallest absolute Gasteiger partial charge is 0.253 e. The summed E-state index contributed by atoms with van der Waals surface area (Å²) in [5, 5.41) is 23.9. The number of nitrogens with zero attached hydrogens (tertiary/aromatic N) is 1. The number of carbonyl (C=O) groups excluding carboxylic acids is 2. The molecule has 2 aromatic rings. The van der Waals surface area contributed by atoms with Crippen LogP contribution in [0.25, 0.3) is 11.3 Å². The summed E-state index contributed by atoms with van der Waals surface area (Å²) in [6, 6.07) is 6.70. The molecule has 44 heavy (non-hydrogen) atoms. The van der Waals surface area contributed by atoms with Crippen LogP contribution in [0.1, 0.15) is 120 Å². The lowest BCUT2D eigenvalue weighted by atomic mass is 9.79. The summed E-state index contributed by atoms with van der Waals surface area (Å²) in [6.07, 6.45) is 8.30. The highest BCUT2D eigenvalue weighted by Crippen LogP contribution is 2.58. The first-order chi connectivity index (χ1) is 20.7. The molecule has 4 N–H and O–H groups in total. The van der Waals surface area contributed by atoms with E-state index in [1.807, 2.05) is 6.92 Å². The van der Waals surface area contributed by atoms with Crippen LogP contribution in [0, 0.1) is 18.3 Å². The minimum Gasteiger partial charge on any atom is -0.493 e. The summed E-state index contributed by atoms with van der Waals surface area (Å²) in [7, 11) is 0. The number of carbonyl (C=O) groups is 2. The van der Waals surface area contributed by atoms with Crippen molar-refractivity contribution < 1.29 is 24.5 Å². The maximum Gasteiger partial charge on any atom is 0.253 e. The number of ether oxygens (including phenoxy) is 1. The lowest BCUT2D eigenvalue weighted by Crippen LogP contribution is -2.45. The van der Waals surface area contributed by atoms with E-state index in [4.69, 9.17) is 14.9 Å². The molecule has 1 aromatic heterocycles. The zero-order valence-electron chi connectivity index (χ0n) is 27.6. The van der Waals surface area contributed by atoms with Gasteiger partial charge in [-0.25, -0.2) is 0 Å². The number of benzene rings is 1. The van der Waals surface area contributed by atoms with Crippen LogP contribution in [0.5, 0.6) is 5.75 Å².